The first kappa shape index (κ1) is 11.6. The minimum atomic E-state index is -3.37. The van der Waals surface area contributed by atoms with Crippen molar-refractivity contribution in [2.45, 2.75) is 29.6 Å². The fourth-order valence-corrected chi connectivity index (χ4v) is 5.29. The van der Waals surface area contributed by atoms with Crippen molar-refractivity contribution in [1.82, 2.24) is 4.31 Å². The van der Waals surface area contributed by atoms with Crippen LogP contribution in [0.25, 0.3) is 0 Å². The monoisotopic (exact) mass is 273 g/mol. The van der Waals surface area contributed by atoms with Gasteiger partial charge in [-0.1, -0.05) is 0 Å². The van der Waals surface area contributed by atoms with Crippen molar-refractivity contribution < 1.29 is 13.5 Å². The van der Waals surface area contributed by atoms with Gasteiger partial charge in [0.1, 0.15) is 4.21 Å². The summed E-state index contributed by atoms with van der Waals surface area (Å²) in [6.07, 6.45) is 2.06. The van der Waals surface area contributed by atoms with Crippen LogP contribution in [0.1, 0.15) is 17.7 Å². The maximum absolute atomic E-state index is 12.2. The molecule has 0 radical (unpaired) electrons. The normalized spacial score (nSPS) is 24.6. The fourth-order valence-electron chi connectivity index (χ4n) is 2.29. The standard InChI is InChI=1S/C11H15NO3S2/c1-8-2-5-10(16-8)17(14,15)12-6-11(13,7-12)9-3-4-9/h2,5,9,13H,3-4,6-7H2,1H3. The van der Waals surface area contributed by atoms with Crippen LogP contribution in [0.2, 0.25) is 0 Å². The molecule has 0 spiro atoms. The zero-order valence-electron chi connectivity index (χ0n) is 9.59. The Balaban J connectivity index is 1.78. The molecule has 0 unspecified atom stereocenters. The van der Waals surface area contributed by atoms with E-state index >= 15 is 0 Å². The SMILES string of the molecule is Cc1ccc(S(=O)(=O)N2CC(O)(C3CC3)C2)s1. The van der Waals surface area contributed by atoms with E-state index in [1.807, 2.05) is 13.0 Å². The lowest BCUT2D eigenvalue weighted by molar-refractivity contribution is -0.0764. The topological polar surface area (TPSA) is 57.6 Å². The summed E-state index contributed by atoms with van der Waals surface area (Å²) >= 11 is 1.29. The Morgan fingerprint density at radius 2 is 2.06 bits per heavy atom. The molecule has 0 aromatic carbocycles. The van der Waals surface area contributed by atoms with Gasteiger partial charge in [-0.3, -0.25) is 0 Å². The van der Waals surface area contributed by atoms with Crippen molar-refractivity contribution in [3.8, 4) is 0 Å². The molecule has 0 atom stereocenters. The number of rotatable bonds is 3. The van der Waals surface area contributed by atoms with Crippen molar-refractivity contribution in [2.75, 3.05) is 13.1 Å². The largest absolute Gasteiger partial charge is 0.387 e. The Hall–Kier alpha value is -0.430. The number of hydrogen-bond acceptors (Lipinski definition) is 4. The van der Waals surface area contributed by atoms with Gasteiger partial charge in [-0.15, -0.1) is 11.3 Å². The molecule has 1 aliphatic heterocycles. The van der Waals surface area contributed by atoms with E-state index in [2.05, 4.69) is 0 Å². The first-order valence-corrected chi connectivity index (χ1v) is 7.96. The molecular formula is C11H15NO3S2. The second-order valence-corrected chi connectivity index (χ2v) is 8.47. The van der Waals surface area contributed by atoms with Gasteiger partial charge < -0.3 is 5.11 Å². The van der Waals surface area contributed by atoms with Crippen LogP contribution >= 0.6 is 11.3 Å². The highest BCUT2D eigenvalue weighted by Gasteiger charge is 2.55. The molecular weight excluding hydrogens is 258 g/mol. The van der Waals surface area contributed by atoms with Crippen molar-refractivity contribution >= 4 is 21.4 Å². The lowest BCUT2D eigenvalue weighted by Gasteiger charge is -2.45. The minimum absolute atomic E-state index is 0.261. The highest BCUT2D eigenvalue weighted by molar-refractivity contribution is 7.91. The number of sulfonamides is 1. The predicted octanol–water partition coefficient (Wildman–Crippen LogP) is 1.20. The maximum Gasteiger partial charge on any atom is 0.252 e. The average molecular weight is 273 g/mol. The van der Waals surface area contributed by atoms with Crippen LogP contribution in [0.4, 0.5) is 0 Å². The van der Waals surface area contributed by atoms with E-state index < -0.39 is 15.6 Å². The van der Waals surface area contributed by atoms with Gasteiger partial charge in [0.2, 0.25) is 0 Å². The summed E-state index contributed by atoms with van der Waals surface area (Å²) in [7, 11) is -3.37. The predicted molar refractivity (Wildman–Crippen MR) is 65.5 cm³/mol. The molecule has 1 aliphatic carbocycles. The molecule has 2 fully saturated rings. The first-order valence-electron chi connectivity index (χ1n) is 5.71. The van der Waals surface area contributed by atoms with E-state index in [4.69, 9.17) is 0 Å². The van der Waals surface area contributed by atoms with Gasteiger partial charge in [0.15, 0.2) is 0 Å². The molecule has 2 heterocycles. The van der Waals surface area contributed by atoms with Crippen LogP contribution in [0, 0.1) is 12.8 Å². The third-order valence-corrected chi connectivity index (χ3v) is 6.81. The molecule has 1 aromatic heterocycles. The Morgan fingerprint density at radius 3 is 2.53 bits per heavy atom. The average Bonchev–Trinajstić information content (AvgIpc) is 2.97. The lowest BCUT2D eigenvalue weighted by Crippen LogP contribution is -2.64. The van der Waals surface area contributed by atoms with Crippen LogP contribution in [-0.2, 0) is 10.0 Å². The van der Waals surface area contributed by atoms with Crippen molar-refractivity contribution in [1.29, 1.82) is 0 Å². The zero-order chi connectivity index (χ0) is 12.3. The van der Waals surface area contributed by atoms with Gasteiger partial charge in [0.05, 0.1) is 5.60 Å². The van der Waals surface area contributed by atoms with Gasteiger partial charge in [-0.25, -0.2) is 8.42 Å². The molecule has 1 saturated heterocycles. The molecule has 3 rings (SSSR count). The van der Waals surface area contributed by atoms with Crippen molar-refractivity contribution in [3.63, 3.8) is 0 Å². The Morgan fingerprint density at radius 1 is 1.41 bits per heavy atom. The maximum atomic E-state index is 12.2. The summed E-state index contributed by atoms with van der Waals surface area (Å²) in [5.74, 6) is 0.319. The number of β-amino-alcohol motifs (C(OH)–C–C–N with tert-alkyl or cyclic N) is 1. The summed E-state index contributed by atoms with van der Waals surface area (Å²) in [6.45, 7) is 2.41. The molecule has 1 aromatic rings. The fraction of sp³-hybridized carbons (Fsp3) is 0.636. The smallest absolute Gasteiger partial charge is 0.252 e. The molecule has 6 heteroatoms. The number of nitrogens with zero attached hydrogens (tertiary/aromatic N) is 1. The summed E-state index contributed by atoms with van der Waals surface area (Å²) in [5.41, 5.74) is -0.751. The Bertz CT molecular complexity index is 539. The number of thiophene rings is 1. The summed E-state index contributed by atoms with van der Waals surface area (Å²) in [6, 6.07) is 3.45. The first-order chi connectivity index (χ1) is 7.92. The van der Waals surface area contributed by atoms with Crippen molar-refractivity contribution in [3.05, 3.63) is 17.0 Å². The van der Waals surface area contributed by atoms with Gasteiger partial charge in [0, 0.05) is 18.0 Å². The number of aryl methyl sites for hydroxylation is 1. The van der Waals surface area contributed by atoms with Gasteiger partial charge in [0.25, 0.3) is 10.0 Å². The third kappa shape index (κ3) is 1.83. The lowest BCUT2D eigenvalue weighted by atomic mass is 9.91. The molecule has 0 amide bonds. The van der Waals surface area contributed by atoms with Crippen LogP contribution in [0.5, 0.6) is 0 Å². The Kier molecular flexibility index (Phi) is 2.42. The minimum Gasteiger partial charge on any atom is -0.387 e. The molecule has 4 nitrogen and oxygen atoms in total. The molecule has 0 bridgehead atoms. The number of aliphatic hydroxyl groups is 1. The molecule has 1 saturated carbocycles. The molecule has 94 valence electrons. The van der Waals surface area contributed by atoms with E-state index in [1.165, 1.54) is 15.6 Å². The molecule has 2 aliphatic rings. The van der Waals surface area contributed by atoms with Gasteiger partial charge in [-0.2, -0.15) is 4.31 Å². The third-order valence-electron chi connectivity index (χ3n) is 3.55. The molecule has 1 N–H and O–H groups in total. The van der Waals surface area contributed by atoms with Crippen molar-refractivity contribution in [2.24, 2.45) is 5.92 Å². The zero-order valence-corrected chi connectivity index (χ0v) is 11.2. The van der Waals surface area contributed by atoms with E-state index in [0.717, 1.165) is 17.7 Å². The highest BCUT2D eigenvalue weighted by Crippen LogP contribution is 2.46. The van der Waals surface area contributed by atoms with Crippen LogP contribution < -0.4 is 0 Å². The van der Waals surface area contributed by atoms with E-state index in [-0.39, 0.29) is 13.1 Å². The second kappa shape index (κ2) is 3.54. The van der Waals surface area contributed by atoms with Gasteiger partial charge in [-0.05, 0) is 37.8 Å². The summed E-state index contributed by atoms with van der Waals surface area (Å²) in [4.78, 5) is 0.988. The van der Waals surface area contributed by atoms with Gasteiger partial charge >= 0.3 is 0 Å². The Labute approximate surface area is 105 Å². The second-order valence-electron chi connectivity index (χ2n) is 5.02. The van der Waals surface area contributed by atoms with Crippen LogP contribution in [0.3, 0.4) is 0 Å². The van der Waals surface area contributed by atoms with E-state index in [9.17, 15) is 13.5 Å². The quantitative estimate of drug-likeness (QED) is 0.900. The van der Waals surface area contributed by atoms with Crippen LogP contribution in [-0.4, -0.2) is 36.5 Å². The molecule has 17 heavy (non-hydrogen) atoms. The summed E-state index contributed by atoms with van der Waals surface area (Å²) < 4.78 is 26.1. The summed E-state index contributed by atoms with van der Waals surface area (Å²) in [5, 5.41) is 10.1. The van der Waals surface area contributed by atoms with E-state index in [1.54, 1.807) is 6.07 Å². The van der Waals surface area contributed by atoms with Crippen LogP contribution in [0.15, 0.2) is 16.3 Å². The highest BCUT2D eigenvalue weighted by atomic mass is 32.2. The number of hydrogen-bond donors (Lipinski definition) is 1. The van der Waals surface area contributed by atoms with E-state index in [0.29, 0.717) is 10.1 Å².